The lowest BCUT2D eigenvalue weighted by atomic mass is 10.0. The van der Waals surface area contributed by atoms with Gasteiger partial charge in [0, 0.05) is 6.42 Å². The number of benzene rings is 1. The Balaban J connectivity index is 1.73. The molecule has 0 saturated heterocycles. The molecule has 4 heteroatoms. The Morgan fingerprint density at radius 3 is 2.39 bits per heavy atom. The molecular weight excluding hydrogens is 232 g/mol. The molecule has 1 aliphatic carbocycles. The number of carbonyl (C=O) groups excluding carboxylic acids is 1. The largest absolute Gasteiger partial charge is 0.461 e. The van der Waals surface area contributed by atoms with Crippen molar-refractivity contribution < 1.29 is 19.7 Å². The molecule has 0 radical (unpaired) electrons. The Bertz CT molecular complexity index is 380. The van der Waals surface area contributed by atoms with Gasteiger partial charge in [0.15, 0.2) is 0 Å². The molecule has 0 amide bonds. The quantitative estimate of drug-likeness (QED) is 0.789. The summed E-state index contributed by atoms with van der Waals surface area (Å²) >= 11 is 0. The van der Waals surface area contributed by atoms with Gasteiger partial charge in [0.1, 0.15) is 6.61 Å². The first-order chi connectivity index (χ1) is 8.65. The van der Waals surface area contributed by atoms with Gasteiger partial charge in [-0.15, -0.1) is 0 Å². The zero-order valence-electron chi connectivity index (χ0n) is 10.2. The van der Waals surface area contributed by atoms with Gasteiger partial charge >= 0.3 is 5.97 Å². The van der Waals surface area contributed by atoms with E-state index >= 15 is 0 Å². The van der Waals surface area contributed by atoms with Gasteiger partial charge in [-0.2, -0.15) is 0 Å². The van der Waals surface area contributed by atoms with Crippen LogP contribution in [0, 0.1) is 5.92 Å². The molecule has 0 aromatic heterocycles. The summed E-state index contributed by atoms with van der Waals surface area (Å²) < 4.78 is 5.16. The average molecular weight is 250 g/mol. The SMILES string of the molecule is O=C(CC1C[C@@H](O)[C@H](O)C1)OCc1ccccc1. The van der Waals surface area contributed by atoms with Crippen LogP contribution < -0.4 is 0 Å². The minimum Gasteiger partial charge on any atom is -0.461 e. The number of carbonyl (C=O) groups is 1. The molecule has 1 saturated carbocycles. The number of aliphatic hydroxyl groups excluding tert-OH is 2. The Morgan fingerprint density at radius 2 is 1.78 bits per heavy atom. The average Bonchev–Trinajstić information content (AvgIpc) is 2.67. The van der Waals surface area contributed by atoms with E-state index in [4.69, 9.17) is 4.74 Å². The second kappa shape index (κ2) is 5.98. The Kier molecular flexibility index (Phi) is 4.33. The number of esters is 1. The third kappa shape index (κ3) is 3.55. The zero-order chi connectivity index (χ0) is 13.0. The van der Waals surface area contributed by atoms with Gasteiger partial charge in [-0.05, 0) is 24.3 Å². The second-order valence-corrected chi connectivity index (χ2v) is 4.82. The molecule has 18 heavy (non-hydrogen) atoms. The molecule has 0 aliphatic heterocycles. The van der Waals surface area contributed by atoms with Crippen molar-refractivity contribution in [2.24, 2.45) is 5.92 Å². The van der Waals surface area contributed by atoms with Crippen LogP contribution in [0.4, 0.5) is 0 Å². The van der Waals surface area contributed by atoms with Crippen molar-refractivity contribution in [1.82, 2.24) is 0 Å². The van der Waals surface area contributed by atoms with E-state index in [1.807, 2.05) is 30.3 Å². The van der Waals surface area contributed by atoms with E-state index in [0.717, 1.165) is 5.56 Å². The van der Waals surface area contributed by atoms with E-state index in [2.05, 4.69) is 0 Å². The van der Waals surface area contributed by atoms with E-state index in [-0.39, 0.29) is 24.9 Å². The molecule has 1 fully saturated rings. The molecule has 0 bridgehead atoms. The maximum atomic E-state index is 11.6. The molecule has 1 aromatic carbocycles. The highest BCUT2D eigenvalue weighted by Gasteiger charge is 2.32. The van der Waals surface area contributed by atoms with Crippen molar-refractivity contribution in [2.45, 2.75) is 38.1 Å². The standard InChI is InChI=1S/C14H18O4/c15-12-6-11(7-13(12)16)8-14(17)18-9-10-4-2-1-3-5-10/h1-5,11-13,15-16H,6-9H2/t12-,13-/m1/s1. The summed E-state index contributed by atoms with van der Waals surface area (Å²) in [6.07, 6.45) is -0.182. The molecule has 98 valence electrons. The number of rotatable bonds is 4. The molecule has 1 aliphatic rings. The van der Waals surface area contributed by atoms with Crippen LogP contribution in [0.1, 0.15) is 24.8 Å². The molecule has 2 N–H and O–H groups in total. The van der Waals surface area contributed by atoms with Crippen LogP contribution in [-0.4, -0.2) is 28.4 Å². The van der Waals surface area contributed by atoms with E-state index in [0.29, 0.717) is 12.8 Å². The second-order valence-electron chi connectivity index (χ2n) is 4.82. The van der Waals surface area contributed by atoms with Crippen molar-refractivity contribution in [3.05, 3.63) is 35.9 Å². The normalized spacial score (nSPS) is 24.1. The fourth-order valence-corrected chi connectivity index (χ4v) is 2.29. The maximum Gasteiger partial charge on any atom is 0.306 e. The zero-order valence-corrected chi connectivity index (χ0v) is 10.2. The highest BCUT2D eigenvalue weighted by Crippen LogP contribution is 2.28. The van der Waals surface area contributed by atoms with Crippen molar-refractivity contribution >= 4 is 5.97 Å². The van der Waals surface area contributed by atoms with Gasteiger partial charge in [-0.25, -0.2) is 0 Å². The topological polar surface area (TPSA) is 66.8 Å². The van der Waals surface area contributed by atoms with Crippen LogP contribution in [0.25, 0.3) is 0 Å². The summed E-state index contributed by atoms with van der Waals surface area (Å²) in [7, 11) is 0. The van der Waals surface area contributed by atoms with E-state index in [9.17, 15) is 15.0 Å². The summed E-state index contributed by atoms with van der Waals surface area (Å²) in [5.74, 6) is -0.247. The van der Waals surface area contributed by atoms with Gasteiger partial charge in [0.2, 0.25) is 0 Å². The predicted molar refractivity (Wildman–Crippen MR) is 65.6 cm³/mol. The van der Waals surface area contributed by atoms with E-state index < -0.39 is 12.2 Å². The highest BCUT2D eigenvalue weighted by molar-refractivity contribution is 5.69. The van der Waals surface area contributed by atoms with Crippen LogP contribution in [0.15, 0.2) is 30.3 Å². The molecule has 1 aromatic rings. The van der Waals surface area contributed by atoms with Gasteiger partial charge in [-0.3, -0.25) is 4.79 Å². The Hall–Kier alpha value is -1.39. The van der Waals surface area contributed by atoms with Crippen molar-refractivity contribution in [2.75, 3.05) is 0 Å². The first kappa shape index (κ1) is 13.1. The van der Waals surface area contributed by atoms with Crippen LogP contribution in [0.2, 0.25) is 0 Å². The minimum atomic E-state index is -0.697. The minimum absolute atomic E-state index is 0.0262. The predicted octanol–water partition coefficient (Wildman–Crippen LogP) is 1.25. The number of ether oxygens (including phenoxy) is 1. The highest BCUT2D eigenvalue weighted by atomic mass is 16.5. The monoisotopic (exact) mass is 250 g/mol. The fraction of sp³-hybridized carbons (Fsp3) is 0.500. The lowest BCUT2D eigenvalue weighted by Gasteiger charge is -2.09. The summed E-state index contributed by atoms with van der Waals surface area (Å²) in [5, 5.41) is 18.8. The maximum absolute atomic E-state index is 11.6. The summed E-state index contributed by atoms with van der Waals surface area (Å²) in [6, 6.07) is 9.50. The number of aliphatic hydroxyl groups is 2. The first-order valence-electron chi connectivity index (χ1n) is 6.21. The van der Waals surface area contributed by atoms with Crippen molar-refractivity contribution in [3.8, 4) is 0 Å². The first-order valence-corrected chi connectivity index (χ1v) is 6.21. The molecular formula is C14H18O4. The smallest absolute Gasteiger partial charge is 0.306 e. The van der Waals surface area contributed by atoms with Crippen molar-refractivity contribution in [1.29, 1.82) is 0 Å². The molecule has 0 heterocycles. The summed E-state index contributed by atoms with van der Waals surface area (Å²) in [5.41, 5.74) is 0.956. The Labute approximate surface area is 106 Å². The third-order valence-electron chi connectivity index (χ3n) is 3.29. The van der Waals surface area contributed by atoms with Crippen LogP contribution in [0.3, 0.4) is 0 Å². The van der Waals surface area contributed by atoms with Crippen molar-refractivity contribution in [3.63, 3.8) is 0 Å². The third-order valence-corrected chi connectivity index (χ3v) is 3.29. The van der Waals surface area contributed by atoms with Crippen LogP contribution in [-0.2, 0) is 16.1 Å². The van der Waals surface area contributed by atoms with Gasteiger partial charge in [-0.1, -0.05) is 30.3 Å². The van der Waals surface area contributed by atoms with E-state index in [1.165, 1.54) is 0 Å². The molecule has 2 atom stereocenters. The molecule has 0 spiro atoms. The summed E-state index contributed by atoms with van der Waals surface area (Å²) in [6.45, 7) is 0.275. The van der Waals surface area contributed by atoms with Crippen LogP contribution >= 0.6 is 0 Å². The van der Waals surface area contributed by atoms with E-state index in [1.54, 1.807) is 0 Å². The van der Waals surface area contributed by atoms with Crippen LogP contribution in [0.5, 0.6) is 0 Å². The van der Waals surface area contributed by atoms with Gasteiger partial charge in [0.25, 0.3) is 0 Å². The summed E-state index contributed by atoms with van der Waals surface area (Å²) in [4.78, 5) is 11.6. The lowest BCUT2D eigenvalue weighted by Crippen LogP contribution is -2.17. The number of hydrogen-bond donors (Lipinski definition) is 2. The molecule has 4 nitrogen and oxygen atoms in total. The fourth-order valence-electron chi connectivity index (χ4n) is 2.29. The van der Waals surface area contributed by atoms with Gasteiger partial charge in [0.05, 0.1) is 12.2 Å². The molecule has 0 unspecified atom stereocenters. The van der Waals surface area contributed by atoms with Gasteiger partial charge < -0.3 is 14.9 Å². The Morgan fingerprint density at radius 1 is 1.17 bits per heavy atom. The number of hydrogen-bond acceptors (Lipinski definition) is 4. The lowest BCUT2D eigenvalue weighted by molar-refractivity contribution is -0.146. The molecule has 2 rings (SSSR count).